The average molecular weight is 269 g/mol. The van der Waals surface area contributed by atoms with Crippen LogP contribution in [0.1, 0.15) is 10.4 Å². The second kappa shape index (κ2) is 4.92. The third-order valence-electron chi connectivity index (χ3n) is 2.76. The fourth-order valence-corrected chi connectivity index (χ4v) is 1.79. The number of benzene rings is 1. The van der Waals surface area contributed by atoms with E-state index in [-0.39, 0.29) is 5.91 Å². The van der Waals surface area contributed by atoms with E-state index in [1.54, 1.807) is 17.8 Å². The predicted octanol–water partition coefficient (Wildman–Crippen LogP) is 0.852. The van der Waals surface area contributed by atoms with Crippen LogP contribution in [-0.4, -0.2) is 36.3 Å². The summed E-state index contributed by atoms with van der Waals surface area (Å²) in [6.07, 6.45) is 3.00. The first kappa shape index (κ1) is 12.0. The van der Waals surface area contributed by atoms with Crippen molar-refractivity contribution >= 4 is 11.6 Å². The summed E-state index contributed by atoms with van der Waals surface area (Å²) in [5, 5.41) is 20.4. The maximum Gasteiger partial charge on any atom is 0.258 e. The minimum atomic E-state index is -0.230. The molecule has 2 N–H and O–H groups in total. The fraction of sp³-hybridized carbons (Fsp3) is 0.0833. The number of carbonyl (C=O) groups excluding carboxylic acids is 1. The molecule has 2 heterocycles. The molecule has 20 heavy (non-hydrogen) atoms. The van der Waals surface area contributed by atoms with Gasteiger partial charge in [-0.05, 0) is 22.6 Å². The molecule has 0 fully saturated rings. The standard InChI is InChI=1S/C12H11N7O/c1-19-11(16-17-18-19)8-3-2-4-10(5-8)15-12(20)9-6-13-14-7-9/h2-7H,1H3,(H,13,14)(H,15,20). The first-order valence-electron chi connectivity index (χ1n) is 5.87. The lowest BCUT2D eigenvalue weighted by molar-refractivity contribution is 0.102. The summed E-state index contributed by atoms with van der Waals surface area (Å²) in [7, 11) is 1.76. The van der Waals surface area contributed by atoms with Gasteiger partial charge in [-0.3, -0.25) is 9.89 Å². The smallest absolute Gasteiger partial charge is 0.258 e. The van der Waals surface area contributed by atoms with E-state index < -0.39 is 0 Å². The quantitative estimate of drug-likeness (QED) is 0.734. The average Bonchev–Trinajstić information content (AvgIpc) is 3.10. The van der Waals surface area contributed by atoms with Gasteiger partial charge in [0.05, 0.1) is 11.8 Å². The zero-order chi connectivity index (χ0) is 13.9. The van der Waals surface area contributed by atoms with Gasteiger partial charge in [0.2, 0.25) is 0 Å². The lowest BCUT2D eigenvalue weighted by atomic mass is 10.2. The topological polar surface area (TPSA) is 101 Å². The Morgan fingerprint density at radius 1 is 1.40 bits per heavy atom. The van der Waals surface area contributed by atoms with E-state index in [4.69, 9.17) is 0 Å². The van der Waals surface area contributed by atoms with Gasteiger partial charge < -0.3 is 5.32 Å². The van der Waals surface area contributed by atoms with Gasteiger partial charge in [0.15, 0.2) is 5.82 Å². The second-order valence-electron chi connectivity index (χ2n) is 4.15. The van der Waals surface area contributed by atoms with E-state index in [0.29, 0.717) is 17.1 Å². The lowest BCUT2D eigenvalue weighted by Crippen LogP contribution is -2.11. The van der Waals surface area contributed by atoms with Crippen LogP contribution < -0.4 is 5.32 Å². The number of amides is 1. The monoisotopic (exact) mass is 269 g/mol. The van der Waals surface area contributed by atoms with E-state index >= 15 is 0 Å². The molecule has 3 aromatic rings. The number of carbonyl (C=O) groups is 1. The number of aromatic nitrogens is 6. The predicted molar refractivity (Wildman–Crippen MR) is 70.8 cm³/mol. The molecule has 0 radical (unpaired) electrons. The largest absolute Gasteiger partial charge is 0.322 e. The van der Waals surface area contributed by atoms with Crippen LogP contribution in [0.4, 0.5) is 5.69 Å². The van der Waals surface area contributed by atoms with Crippen molar-refractivity contribution < 1.29 is 4.79 Å². The molecule has 0 unspecified atom stereocenters. The number of anilines is 1. The van der Waals surface area contributed by atoms with Crippen LogP contribution in [0.3, 0.4) is 0 Å². The number of H-pyrrole nitrogens is 1. The molecule has 0 saturated heterocycles. The summed E-state index contributed by atoms with van der Waals surface area (Å²) in [6.45, 7) is 0. The van der Waals surface area contributed by atoms with Crippen LogP contribution in [0.2, 0.25) is 0 Å². The SMILES string of the molecule is Cn1nnnc1-c1cccc(NC(=O)c2cn[nH]c2)c1. The highest BCUT2D eigenvalue weighted by molar-refractivity contribution is 6.04. The van der Waals surface area contributed by atoms with E-state index in [2.05, 4.69) is 31.0 Å². The summed E-state index contributed by atoms with van der Waals surface area (Å²) >= 11 is 0. The van der Waals surface area contributed by atoms with Gasteiger partial charge >= 0.3 is 0 Å². The van der Waals surface area contributed by atoms with E-state index in [0.717, 1.165) is 5.56 Å². The number of tetrazole rings is 1. The zero-order valence-corrected chi connectivity index (χ0v) is 10.6. The molecule has 8 heteroatoms. The van der Waals surface area contributed by atoms with E-state index in [1.807, 2.05) is 18.2 Å². The molecule has 0 spiro atoms. The molecule has 0 aliphatic heterocycles. The van der Waals surface area contributed by atoms with Crippen molar-refractivity contribution in [2.45, 2.75) is 0 Å². The minimum absolute atomic E-state index is 0.230. The lowest BCUT2D eigenvalue weighted by Gasteiger charge is -2.05. The molecule has 0 bridgehead atoms. The van der Waals surface area contributed by atoms with Gasteiger partial charge in [0.1, 0.15) is 0 Å². The van der Waals surface area contributed by atoms with Crippen molar-refractivity contribution in [2.75, 3.05) is 5.32 Å². The van der Waals surface area contributed by atoms with Gasteiger partial charge in [-0.15, -0.1) is 5.10 Å². The molecular weight excluding hydrogens is 258 g/mol. The van der Waals surface area contributed by atoms with Crippen LogP contribution >= 0.6 is 0 Å². The summed E-state index contributed by atoms with van der Waals surface area (Å²) in [5.41, 5.74) is 1.95. The number of nitrogens with zero attached hydrogens (tertiary/aromatic N) is 5. The molecule has 1 aromatic carbocycles. The first-order chi connectivity index (χ1) is 9.74. The number of nitrogens with one attached hydrogen (secondary N) is 2. The first-order valence-corrected chi connectivity index (χ1v) is 5.87. The molecule has 1 amide bonds. The maximum absolute atomic E-state index is 11.9. The Morgan fingerprint density at radius 3 is 3.00 bits per heavy atom. The van der Waals surface area contributed by atoms with Gasteiger partial charge in [-0.2, -0.15) is 5.10 Å². The van der Waals surface area contributed by atoms with Crippen LogP contribution in [0.15, 0.2) is 36.7 Å². The third-order valence-corrected chi connectivity index (χ3v) is 2.76. The molecule has 2 aromatic heterocycles. The summed E-state index contributed by atoms with van der Waals surface area (Å²) in [4.78, 5) is 11.9. The zero-order valence-electron chi connectivity index (χ0n) is 10.6. The minimum Gasteiger partial charge on any atom is -0.322 e. The van der Waals surface area contributed by atoms with Crippen molar-refractivity contribution in [1.29, 1.82) is 0 Å². The second-order valence-corrected chi connectivity index (χ2v) is 4.15. The number of hydrogen-bond acceptors (Lipinski definition) is 5. The van der Waals surface area contributed by atoms with Crippen LogP contribution in [-0.2, 0) is 7.05 Å². The third kappa shape index (κ3) is 2.26. The molecule has 3 rings (SSSR count). The molecule has 8 nitrogen and oxygen atoms in total. The Bertz CT molecular complexity index is 732. The summed E-state index contributed by atoms with van der Waals surface area (Å²) < 4.78 is 1.57. The normalized spacial score (nSPS) is 10.4. The van der Waals surface area contributed by atoms with Gasteiger partial charge in [0, 0.05) is 24.5 Å². The van der Waals surface area contributed by atoms with Crippen LogP contribution in [0.5, 0.6) is 0 Å². The number of aromatic amines is 1. The van der Waals surface area contributed by atoms with Crippen molar-refractivity contribution in [3.05, 3.63) is 42.2 Å². The van der Waals surface area contributed by atoms with Crippen LogP contribution in [0, 0.1) is 0 Å². The van der Waals surface area contributed by atoms with Crippen LogP contribution in [0.25, 0.3) is 11.4 Å². The number of rotatable bonds is 3. The van der Waals surface area contributed by atoms with Gasteiger partial charge in [-0.25, -0.2) is 4.68 Å². The highest BCUT2D eigenvalue weighted by Gasteiger charge is 2.09. The van der Waals surface area contributed by atoms with Crippen molar-refractivity contribution in [3.63, 3.8) is 0 Å². The van der Waals surface area contributed by atoms with Crippen molar-refractivity contribution in [1.82, 2.24) is 30.4 Å². The Morgan fingerprint density at radius 2 is 2.30 bits per heavy atom. The van der Waals surface area contributed by atoms with Gasteiger partial charge in [0.25, 0.3) is 5.91 Å². The maximum atomic E-state index is 11.9. The molecule has 100 valence electrons. The Kier molecular flexibility index (Phi) is 2.96. The highest BCUT2D eigenvalue weighted by atomic mass is 16.1. The van der Waals surface area contributed by atoms with E-state index in [9.17, 15) is 4.79 Å². The molecule has 0 saturated carbocycles. The van der Waals surface area contributed by atoms with Gasteiger partial charge in [-0.1, -0.05) is 12.1 Å². The fourth-order valence-electron chi connectivity index (χ4n) is 1.79. The summed E-state index contributed by atoms with van der Waals surface area (Å²) in [6, 6.07) is 7.31. The highest BCUT2D eigenvalue weighted by Crippen LogP contribution is 2.19. The Hall–Kier alpha value is -3.03. The number of hydrogen-bond donors (Lipinski definition) is 2. The molecule has 0 aliphatic rings. The number of aryl methyl sites for hydroxylation is 1. The molecule has 0 aliphatic carbocycles. The Labute approximate surface area is 113 Å². The Balaban J connectivity index is 1.85. The van der Waals surface area contributed by atoms with Crippen molar-refractivity contribution in [3.8, 4) is 11.4 Å². The molecular formula is C12H11N7O. The molecule has 0 atom stereocenters. The van der Waals surface area contributed by atoms with Crippen molar-refractivity contribution in [2.24, 2.45) is 7.05 Å². The summed E-state index contributed by atoms with van der Waals surface area (Å²) in [5.74, 6) is 0.399. The van der Waals surface area contributed by atoms with E-state index in [1.165, 1.54) is 12.4 Å².